The molecule has 0 atom stereocenters. The van der Waals surface area contributed by atoms with E-state index >= 15 is 0 Å². The van der Waals surface area contributed by atoms with E-state index in [2.05, 4.69) is 12.2 Å². The summed E-state index contributed by atoms with van der Waals surface area (Å²) in [5, 5.41) is 0. The van der Waals surface area contributed by atoms with Gasteiger partial charge in [0.05, 0.1) is 0 Å². The summed E-state index contributed by atoms with van der Waals surface area (Å²) in [7, 11) is 0. The molecule has 1 nitrogen and oxygen atoms in total. The Morgan fingerprint density at radius 1 is 1.08 bits per heavy atom. The first-order valence-corrected chi connectivity index (χ1v) is 4.78. The van der Waals surface area contributed by atoms with Crippen LogP contribution in [0, 0.1) is 5.92 Å². The van der Waals surface area contributed by atoms with Crippen molar-refractivity contribution in [3.8, 4) is 0 Å². The van der Waals surface area contributed by atoms with Crippen molar-refractivity contribution in [2.24, 2.45) is 11.7 Å². The molecule has 0 aromatic rings. The molecule has 0 aromatic carbocycles. The summed E-state index contributed by atoms with van der Waals surface area (Å²) < 4.78 is 0. The number of hydrogen-bond donors (Lipinski definition) is 1. The van der Waals surface area contributed by atoms with Gasteiger partial charge in [-0.2, -0.15) is 0 Å². The number of halogens is 1. The van der Waals surface area contributed by atoms with Gasteiger partial charge < -0.3 is 5.73 Å². The molecule has 12 heavy (non-hydrogen) atoms. The molecule has 0 radical (unpaired) electrons. The van der Waals surface area contributed by atoms with E-state index in [1.807, 2.05) is 0 Å². The van der Waals surface area contributed by atoms with Gasteiger partial charge in [-0.3, -0.25) is 0 Å². The maximum atomic E-state index is 5.36. The van der Waals surface area contributed by atoms with Crippen LogP contribution >= 0.6 is 12.4 Å². The van der Waals surface area contributed by atoms with Crippen LogP contribution in [-0.4, -0.2) is 6.54 Å². The SMILES string of the molecule is Cl.NCC=CCC1CCCCC1. The van der Waals surface area contributed by atoms with Crippen LogP contribution in [0.3, 0.4) is 0 Å². The van der Waals surface area contributed by atoms with Gasteiger partial charge >= 0.3 is 0 Å². The maximum absolute atomic E-state index is 5.36. The zero-order valence-corrected chi connectivity index (χ0v) is 8.48. The molecular formula is C10H20ClN. The third kappa shape index (κ3) is 4.78. The van der Waals surface area contributed by atoms with Gasteiger partial charge in [0.15, 0.2) is 0 Å². The first kappa shape index (κ1) is 12.0. The van der Waals surface area contributed by atoms with Crippen molar-refractivity contribution in [1.29, 1.82) is 0 Å². The van der Waals surface area contributed by atoms with E-state index in [4.69, 9.17) is 5.73 Å². The molecule has 2 N–H and O–H groups in total. The average Bonchev–Trinajstić information content (AvgIpc) is 2.07. The predicted octanol–water partition coefficient (Wildman–Crippen LogP) is 2.89. The van der Waals surface area contributed by atoms with Crippen molar-refractivity contribution in [1.82, 2.24) is 0 Å². The van der Waals surface area contributed by atoms with Crippen molar-refractivity contribution in [2.75, 3.05) is 6.54 Å². The van der Waals surface area contributed by atoms with Gasteiger partial charge in [-0.1, -0.05) is 44.3 Å². The lowest BCUT2D eigenvalue weighted by Crippen LogP contribution is -2.04. The van der Waals surface area contributed by atoms with E-state index in [0.717, 1.165) is 5.92 Å². The standard InChI is InChI=1S/C10H19N.ClH/c11-9-5-4-8-10-6-2-1-3-7-10;/h4-5,10H,1-3,6-9,11H2;1H. The van der Waals surface area contributed by atoms with Gasteiger partial charge in [0.1, 0.15) is 0 Å². The summed E-state index contributed by atoms with van der Waals surface area (Å²) in [5.41, 5.74) is 5.36. The molecule has 0 aliphatic heterocycles. The highest BCUT2D eigenvalue weighted by Crippen LogP contribution is 2.26. The van der Waals surface area contributed by atoms with Crippen LogP contribution in [0.1, 0.15) is 38.5 Å². The quantitative estimate of drug-likeness (QED) is 0.679. The number of allylic oxidation sites excluding steroid dienone is 1. The fourth-order valence-corrected chi connectivity index (χ4v) is 1.81. The van der Waals surface area contributed by atoms with Gasteiger partial charge in [-0.05, 0) is 12.3 Å². The Hall–Kier alpha value is -0.0100. The highest BCUT2D eigenvalue weighted by atomic mass is 35.5. The van der Waals surface area contributed by atoms with E-state index in [9.17, 15) is 0 Å². The van der Waals surface area contributed by atoms with Gasteiger partial charge in [0.25, 0.3) is 0 Å². The molecule has 1 aliphatic carbocycles. The lowest BCUT2D eigenvalue weighted by atomic mass is 9.87. The maximum Gasteiger partial charge on any atom is 0.0106 e. The minimum atomic E-state index is 0. The molecule has 72 valence electrons. The Kier molecular flexibility index (Phi) is 7.62. The summed E-state index contributed by atoms with van der Waals surface area (Å²) in [6, 6.07) is 0. The first-order chi connectivity index (χ1) is 5.43. The summed E-state index contributed by atoms with van der Waals surface area (Å²) >= 11 is 0. The topological polar surface area (TPSA) is 26.0 Å². The van der Waals surface area contributed by atoms with Gasteiger partial charge in [-0.25, -0.2) is 0 Å². The van der Waals surface area contributed by atoms with E-state index in [1.165, 1.54) is 38.5 Å². The lowest BCUT2D eigenvalue weighted by Gasteiger charge is -2.19. The molecular weight excluding hydrogens is 170 g/mol. The van der Waals surface area contributed by atoms with Crippen LogP contribution in [0.25, 0.3) is 0 Å². The Morgan fingerprint density at radius 3 is 2.33 bits per heavy atom. The van der Waals surface area contributed by atoms with Crippen LogP contribution in [-0.2, 0) is 0 Å². The van der Waals surface area contributed by atoms with Crippen molar-refractivity contribution < 1.29 is 0 Å². The van der Waals surface area contributed by atoms with Gasteiger partial charge in [0, 0.05) is 6.54 Å². The third-order valence-corrected chi connectivity index (χ3v) is 2.50. The number of nitrogens with two attached hydrogens (primary N) is 1. The molecule has 0 amide bonds. The minimum absolute atomic E-state index is 0. The third-order valence-electron chi connectivity index (χ3n) is 2.50. The van der Waals surface area contributed by atoms with Crippen LogP contribution in [0.15, 0.2) is 12.2 Å². The van der Waals surface area contributed by atoms with Crippen molar-refractivity contribution in [3.05, 3.63) is 12.2 Å². The summed E-state index contributed by atoms with van der Waals surface area (Å²) in [4.78, 5) is 0. The smallest absolute Gasteiger partial charge is 0.0106 e. The zero-order chi connectivity index (χ0) is 7.94. The molecule has 0 saturated heterocycles. The summed E-state index contributed by atoms with van der Waals surface area (Å²) in [5.74, 6) is 0.964. The summed E-state index contributed by atoms with van der Waals surface area (Å²) in [6.07, 6.45) is 12.8. The zero-order valence-electron chi connectivity index (χ0n) is 7.67. The first-order valence-electron chi connectivity index (χ1n) is 4.78. The second-order valence-electron chi connectivity index (χ2n) is 3.45. The van der Waals surface area contributed by atoms with E-state index < -0.39 is 0 Å². The lowest BCUT2D eigenvalue weighted by molar-refractivity contribution is 0.361. The van der Waals surface area contributed by atoms with Crippen LogP contribution in [0.4, 0.5) is 0 Å². The number of rotatable bonds is 3. The molecule has 0 heterocycles. The Morgan fingerprint density at radius 2 is 1.75 bits per heavy atom. The molecule has 1 saturated carbocycles. The molecule has 2 heteroatoms. The Labute approximate surface area is 81.8 Å². The number of hydrogen-bond acceptors (Lipinski definition) is 1. The molecule has 1 fully saturated rings. The molecule has 0 bridgehead atoms. The van der Waals surface area contributed by atoms with Crippen molar-refractivity contribution >= 4 is 12.4 Å². The van der Waals surface area contributed by atoms with Gasteiger partial charge in [-0.15, -0.1) is 12.4 Å². The summed E-state index contributed by atoms with van der Waals surface area (Å²) in [6.45, 7) is 0.701. The minimum Gasteiger partial charge on any atom is -0.327 e. The molecule has 1 rings (SSSR count). The van der Waals surface area contributed by atoms with Gasteiger partial charge in [0.2, 0.25) is 0 Å². The molecule has 0 unspecified atom stereocenters. The Bertz CT molecular complexity index is 117. The fourth-order valence-electron chi connectivity index (χ4n) is 1.81. The predicted molar refractivity (Wildman–Crippen MR) is 56.6 cm³/mol. The van der Waals surface area contributed by atoms with Crippen molar-refractivity contribution in [2.45, 2.75) is 38.5 Å². The van der Waals surface area contributed by atoms with Crippen LogP contribution < -0.4 is 5.73 Å². The highest BCUT2D eigenvalue weighted by Gasteiger charge is 2.10. The normalized spacial score (nSPS) is 19.4. The molecule has 0 spiro atoms. The van der Waals surface area contributed by atoms with E-state index in [1.54, 1.807) is 0 Å². The van der Waals surface area contributed by atoms with E-state index in [-0.39, 0.29) is 12.4 Å². The second-order valence-corrected chi connectivity index (χ2v) is 3.45. The van der Waals surface area contributed by atoms with Crippen molar-refractivity contribution in [3.63, 3.8) is 0 Å². The van der Waals surface area contributed by atoms with E-state index in [0.29, 0.717) is 6.54 Å². The van der Waals surface area contributed by atoms with Crippen LogP contribution in [0.2, 0.25) is 0 Å². The largest absolute Gasteiger partial charge is 0.327 e. The second kappa shape index (κ2) is 7.63. The fraction of sp³-hybridized carbons (Fsp3) is 0.800. The average molecular weight is 190 g/mol. The monoisotopic (exact) mass is 189 g/mol. The Balaban J connectivity index is 0.00000121. The highest BCUT2D eigenvalue weighted by molar-refractivity contribution is 5.85. The molecule has 0 aromatic heterocycles. The van der Waals surface area contributed by atoms with Crippen LogP contribution in [0.5, 0.6) is 0 Å². The molecule has 1 aliphatic rings.